The summed E-state index contributed by atoms with van der Waals surface area (Å²) >= 11 is 0. The molecule has 0 aromatic carbocycles. The molecule has 2 heteroatoms. The van der Waals surface area contributed by atoms with Crippen molar-refractivity contribution in [2.45, 2.75) is 51.7 Å². The van der Waals surface area contributed by atoms with Gasteiger partial charge in [-0.1, -0.05) is 11.6 Å². The van der Waals surface area contributed by atoms with E-state index >= 15 is 0 Å². The first kappa shape index (κ1) is 11.2. The smallest absolute Gasteiger partial charge is 0.157 e. The monoisotopic (exact) mass is 210 g/mol. The first-order valence-electron chi connectivity index (χ1n) is 6.23. The van der Waals surface area contributed by atoms with Gasteiger partial charge in [-0.3, -0.25) is 0 Å². The molecule has 1 aliphatic heterocycles. The number of hydrogen-bond donors (Lipinski definition) is 0. The Balaban J connectivity index is 1.65. The van der Waals surface area contributed by atoms with Gasteiger partial charge in [0.2, 0.25) is 0 Å². The summed E-state index contributed by atoms with van der Waals surface area (Å²) in [6, 6.07) is 0. The SMILES string of the molecule is CC1=CC[C@H](CO[C@H]2CCCCO2)CC1. The van der Waals surface area contributed by atoms with Gasteiger partial charge in [0.1, 0.15) is 0 Å². The number of ether oxygens (including phenoxy) is 2. The molecule has 2 aliphatic rings. The Labute approximate surface area is 92.6 Å². The highest BCUT2D eigenvalue weighted by atomic mass is 16.7. The van der Waals surface area contributed by atoms with E-state index in [1.165, 1.54) is 32.1 Å². The number of allylic oxidation sites excluding steroid dienone is 2. The second-order valence-electron chi connectivity index (χ2n) is 4.82. The van der Waals surface area contributed by atoms with E-state index in [1.807, 2.05) is 0 Å². The van der Waals surface area contributed by atoms with E-state index < -0.39 is 0 Å². The average molecular weight is 210 g/mol. The lowest BCUT2D eigenvalue weighted by molar-refractivity contribution is -0.169. The van der Waals surface area contributed by atoms with Crippen molar-refractivity contribution in [3.05, 3.63) is 11.6 Å². The summed E-state index contributed by atoms with van der Waals surface area (Å²) in [4.78, 5) is 0. The molecule has 0 aromatic heterocycles. The normalized spacial score (nSPS) is 32.5. The summed E-state index contributed by atoms with van der Waals surface area (Å²) in [7, 11) is 0. The van der Waals surface area contributed by atoms with Gasteiger partial charge >= 0.3 is 0 Å². The van der Waals surface area contributed by atoms with E-state index in [-0.39, 0.29) is 6.29 Å². The van der Waals surface area contributed by atoms with Crippen LogP contribution in [-0.4, -0.2) is 19.5 Å². The summed E-state index contributed by atoms with van der Waals surface area (Å²) in [5.41, 5.74) is 1.54. The Morgan fingerprint density at radius 3 is 3.00 bits per heavy atom. The fourth-order valence-corrected chi connectivity index (χ4v) is 2.26. The third-order valence-electron chi connectivity index (χ3n) is 3.40. The molecule has 2 atom stereocenters. The lowest BCUT2D eigenvalue weighted by Gasteiger charge is -2.26. The zero-order valence-electron chi connectivity index (χ0n) is 9.71. The molecule has 2 rings (SSSR count). The molecule has 0 amide bonds. The molecule has 0 spiro atoms. The van der Waals surface area contributed by atoms with Crippen LogP contribution in [0.5, 0.6) is 0 Å². The lowest BCUT2D eigenvalue weighted by atomic mass is 9.91. The fraction of sp³-hybridized carbons (Fsp3) is 0.846. The highest BCUT2D eigenvalue weighted by molar-refractivity contribution is 5.02. The third kappa shape index (κ3) is 3.62. The molecular formula is C13H22O2. The molecule has 0 radical (unpaired) electrons. The van der Waals surface area contributed by atoms with Gasteiger partial charge in [-0.2, -0.15) is 0 Å². The van der Waals surface area contributed by atoms with E-state index in [0.29, 0.717) is 0 Å². The third-order valence-corrected chi connectivity index (χ3v) is 3.40. The summed E-state index contributed by atoms with van der Waals surface area (Å²) < 4.78 is 11.4. The van der Waals surface area contributed by atoms with Crippen molar-refractivity contribution in [3.8, 4) is 0 Å². The van der Waals surface area contributed by atoms with Crippen LogP contribution in [0.2, 0.25) is 0 Å². The summed E-state index contributed by atoms with van der Waals surface area (Å²) in [5, 5.41) is 0. The van der Waals surface area contributed by atoms with Crippen LogP contribution in [0.3, 0.4) is 0 Å². The fourth-order valence-electron chi connectivity index (χ4n) is 2.26. The van der Waals surface area contributed by atoms with Crippen molar-refractivity contribution in [3.63, 3.8) is 0 Å². The maximum absolute atomic E-state index is 5.81. The van der Waals surface area contributed by atoms with Crippen molar-refractivity contribution in [1.29, 1.82) is 0 Å². The first-order valence-corrected chi connectivity index (χ1v) is 6.23. The van der Waals surface area contributed by atoms with Crippen LogP contribution in [0.25, 0.3) is 0 Å². The molecule has 1 fully saturated rings. The number of hydrogen-bond acceptors (Lipinski definition) is 2. The minimum atomic E-state index is 0.0887. The van der Waals surface area contributed by atoms with E-state index in [9.17, 15) is 0 Å². The Hall–Kier alpha value is -0.340. The molecule has 86 valence electrons. The standard InChI is InChI=1S/C13H22O2/c1-11-5-7-12(8-6-11)10-15-13-4-2-3-9-14-13/h5,12-13H,2-4,6-10H2,1H3/t12-,13-/m0/s1. The highest BCUT2D eigenvalue weighted by Gasteiger charge is 2.18. The van der Waals surface area contributed by atoms with Gasteiger partial charge in [0.15, 0.2) is 6.29 Å². The van der Waals surface area contributed by atoms with Gasteiger partial charge in [-0.25, -0.2) is 0 Å². The second-order valence-corrected chi connectivity index (χ2v) is 4.82. The molecule has 1 aliphatic carbocycles. The number of rotatable bonds is 3. The van der Waals surface area contributed by atoms with Gasteiger partial charge in [0, 0.05) is 6.61 Å². The Kier molecular flexibility index (Phi) is 4.21. The van der Waals surface area contributed by atoms with Crippen molar-refractivity contribution in [1.82, 2.24) is 0 Å². The average Bonchev–Trinajstić information content (AvgIpc) is 2.30. The van der Waals surface area contributed by atoms with Crippen LogP contribution >= 0.6 is 0 Å². The van der Waals surface area contributed by atoms with Gasteiger partial charge in [-0.05, 0) is 51.4 Å². The zero-order valence-corrected chi connectivity index (χ0v) is 9.71. The molecule has 15 heavy (non-hydrogen) atoms. The molecule has 1 heterocycles. The molecule has 0 bridgehead atoms. The molecule has 1 saturated heterocycles. The molecule has 0 saturated carbocycles. The van der Waals surface area contributed by atoms with Gasteiger partial charge in [-0.15, -0.1) is 0 Å². The van der Waals surface area contributed by atoms with Gasteiger partial charge in [0.25, 0.3) is 0 Å². The quantitative estimate of drug-likeness (QED) is 0.666. The van der Waals surface area contributed by atoms with Gasteiger partial charge < -0.3 is 9.47 Å². The van der Waals surface area contributed by atoms with Crippen molar-refractivity contribution in [2.24, 2.45) is 5.92 Å². The minimum Gasteiger partial charge on any atom is -0.353 e. The maximum Gasteiger partial charge on any atom is 0.157 e. The lowest BCUT2D eigenvalue weighted by Crippen LogP contribution is -2.25. The summed E-state index contributed by atoms with van der Waals surface area (Å²) in [6.07, 6.45) is 9.72. The van der Waals surface area contributed by atoms with Crippen molar-refractivity contribution in [2.75, 3.05) is 13.2 Å². The molecule has 0 aromatic rings. The largest absolute Gasteiger partial charge is 0.353 e. The van der Waals surface area contributed by atoms with Gasteiger partial charge in [0.05, 0.1) is 6.61 Å². The van der Waals surface area contributed by atoms with Crippen LogP contribution in [-0.2, 0) is 9.47 Å². The molecule has 0 N–H and O–H groups in total. The minimum absolute atomic E-state index is 0.0887. The molecular weight excluding hydrogens is 188 g/mol. The maximum atomic E-state index is 5.81. The highest BCUT2D eigenvalue weighted by Crippen LogP contribution is 2.24. The van der Waals surface area contributed by atoms with Crippen LogP contribution in [0.1, 0.15) is 45.4 Å². The Morgan fingerprint density at radius 2 is 2.33 bits per heavy atom. The first-order chi connectivity index (χ1) is 7.34. The van der Waals surface area contributed by atoms with Crippen LogP contribution < -0.4 is 0 Å². The Morgan fingerprint density at radius 1 is 1.40 bits per heavy atom. The van der Waals surface area contributed by atoms with Crippen LogP contribution in [0, 0.1) is 5.92 Å². The van der Waals surface area contributed by atoms with Crippen LogP contribution in [0.4, 0.5) is 0 Å². The zero-order chi connectivity index (χ0) is 10.5. The van der Waals surface area contributed by atoms with Crippen molar-refractivity contribution < 1.29 is 9.47 Å². The van der Waals surface area contributed by atoms with E-state index in [1.54, 1.807) is 5.57 Å². The summed E-state index contributed by atoms with van der Waals surface area (Å²) in [6.45, 7) is 3.99. The topological polar surface area (TPSA) is 18.5 Å². The molecule has 0 unspecified atom stereocenters. The predicted molar refractivity (Wildman–Crippen MR) is 60.6 cm³/mol. The van der Waals surface area contributed by atoms with E-state index in [4.69, 9.17) is 9.47 Å². The molecule has 2 nitrogen and oxygen atoms in total. The van der Waals surface area contributed by atoms with Crippen LogP contribution in [0.15, 0.2) is 11.6 Å². The second kappa shape index (κ2) is 5.66. The van der Waals surface area contributed by atoms with E-state index in [0.717, 1.165) is 25.6 Å². The Bertz CT molecular complexity index is 217. The predicted octanol–water partition coefficient (Wildman–Crippen LogP) is 3.28. The summed E-state index contributed by atoms with van der Waals surface area (Å²) in [5.74, 6) is 0.722. The van der Waals surface area contributed by atoms with E-state index in [2.05, 4.69) is 13.0 Å². The van der Waals surface area contributed by atoms with Crippen molar-refractivity contribution >= 4 is 0 Å².